The highest BCUT2D eigenvalue weighted by Crippen LogP contribution is 2.41. The van der Waals surface area contributed by atoms with E-state index >= 15 is 0 Å². The maximum atomic E-state index is 9.92. The number of nitrogens with zero attached hydrogens (tertiary/aromatic N) is 1. The monoisotopic (exact) mass is 152 g/mol. The Morgan fingerprint density at radius 3 is 3.00 bits per heavy atom. The first-order chi connectivity index (χ1) is 5.24. The van der Waals surface area contributed by atoms with Gasteiger partial charge in [-0.25, -0.2) is 0 Å². The Hall–Kier alpha value is -0.590. The fourth-order valence-corrected chi connectivity index (χ4v) is 2.33. The van der Waals surface area contributed by atoms with Crippen LogP contribution in [0.3, 0.4) is 0 Å². The van der Waals surface area contributed by atoms with Crippen molar-refractivity contribution in [2.24, 2.45) is 5.92 Å². The number of nitrogens with one attached hydrogen (secondary N) is 1. The van der Waals surface area contributed by atoms with Gasteiger partial charge in [0.05, 0.1) is 18.1 Å². The van der Waals surface area contributed by atoms with Crippen LogP contribution in [-0.2, 0) is 0 Å². The number of hydrogen-bond acceptors (Lipinski definition) is 3. The molecule has 2 bridgehead atoms. The van der Waals surface area contributed by atoms with Crippen LogP contribution >= 0.6 is 0 Å². The fraction of sp³-hybridized carbons (Fsp3) is 0.875. The molecule has 0 aromatic carbocycles. The van der Waals surface area contributed by atoms with Crippen LogP contribution in [-0.4, -0.2) is 23.3 Å². The van der Waals surface area contributed by atoms with Crippen LogP contribution in [0.4, 0.5) is 0 Å². The van der Waals surface area contributed by atoms with Crippen LogP contribution in [0.2, 0.25) is 0 Å². The molecule has 2 fully saturated rings. The summed E-state index contributed by atoms with van der Waals surface area (Å²) in [6.07, 6.45) is 2.12. The van der Waals surface area contributed by atoms with Crippen molar-refractivity contribution in [2.75, 3.05) is 6.54 Å². The highest BCUT2D eigenvalue weighted by atomic mass is 16.3. The zero-order valence-electron chi connectivity index (χ0n) is 6.38. The standard InChI is InChI=1S/C8H12N2O/c9-2-1-8(11)4-7-3-6(8)5-10-7/h6-7,10-11H,1,3-5H2. The molecule has 1 aliphatic heterocycles. The lowest BCUT2D eigenvalue weighted by molar-refractivity contribution is -0.00222. The van der Waals surface area contributed by atoms with E-state index in [1.807, 2.05) is 0 Å². The molecular formula is C8H12N2O. The van der Waals surface area contributed by atoms with E-state index in [4.69, 9.17) is 5.26 Å². The number of fused-ring (bicyclic) bond motifs is 2. The van der Waals surface area contributed by atoms with Gasteiger partial charge in [-0.1, -0.05) is 0 Å². The normalized spacial score (nSPS) is 47.6. The van der Waals surface area contributed by atoms with Crippen molar-refractivity contribution in [1.29, 1.82) is 5.26 Å². The Labute approximate surface area is 66.0 Å². The van der Waals surface area contributed by atoms with E-state index in [0.717, 1.165) is 19.4 Å². The Kier molecular flexibility index (Phi) is 1.41. The van der Waals surface area contributed by atoms with E-state index in [-0.39, 0.29) is 0 Å². The van der Waals surface area contributed by atoms with Crippen molar-refractivity contribution >= 4 is 0 Å². The Morgan fingerprint density at radius 1 is 1.73 bits per heavy atom. The van der Waals surface area contributed by atoms with Crippen LogP contribution in [0, 0.1) is 17.2 Å². The van der Waals surface area contributed by atoms with E-state index in [1.54, 1.807) is 0 Å². The van der Waals surface area contributed by atoms with E-state index < -0.39 is 5.60 Å². The summed E-state index contributed by atoms with van der Waals surface area (Å²) in [7, 11) is 0. The van der Waals surface area contributed by atoms with E-state index in [9.17, 15) is 5.11 Å². The van der Waals surface area contributed by atoms with Gasteiger partial charge in [0.2, 0.25) is 0 Å². The van der Waals surface area contributed by atoms with Crippen molar-refractivity contribution in [3.8, 4) is 6.07 Å². The van der Waals surface area contributed by atoms with Gasteiger partial charge < -0.3 is 10.4 Å². The molecule has 0 amide bonds. The molecule has 3 atom stereocenters. The number of hydrogen-bond donors (Lipinski definition) is 2. The first-order valence-electron chi connectivity index (χ1n) is 4.07. The lowest BCUT2D eigenvalue weighted by Gasteiger charge is -2.30. The Balaban J connectivity index is 2.12. The van der Waals surface area contributed by atoms with Gasteiger partial charge in [0.1, 0.15) is 0 Å². The molecule has 3 nitrogen and oxygen atoms in total. The molecule has 2 rings (SSSR count). The second kappa shape index (κ2) is 2.20. The Bertz CT molecular complexity index is 211. The van der Waals surface area contributed by atoms with Crippen molar-refractivity contribution in [1.82, 2.24) is 5.32 Å². The second-order valence-corrected chi connectivity index (χ2v) is 3.68. The van der Waals surface area contributed by atoms with Gasteiger partial charge in [-0.3, -0.25) is 0 Å². The molecule has 3 unspecified atom stereocenters. The van der Waals surface area contributed by atoms with Crippen molar-refractivity contribution in [3.05, 3.63) is 0 Å². The summed E-state index contributed by atoms with van der Waals surface area (Å²) in [4.78, 5) is 0. The summed E-state index contributed by atoms with van der Waals surface area (Å²) in [5, 5.41) is 21.7. The van der Waals surface area contributed by atoms with Gasteiger partial charge in [-0.05, 0) is 12.8 Å². The molecule has 0 spiro atoms. The Morgan fingerprint density at radius 2 is 2.55 bits per heavy atom. The quantitative estimate of drug-likeness (QED) is 0.556. The van der Waals surface area contributed by atoms with Gasteiger partial charge in [0.15, 0.2) is 0 Å². The number of nitriles is 1. The lowest BCUT2D eigenvalue weighted by atomic mass is 9.87. The maximum Gasteiger partial charge on any atom is 0.0832 e. The molecule has 0 aromatic rings. The highest BCUT2D eigenvalue weighted by Gasteiger charge is 2.49. The zero-order valence-corrected chi connectivity index (χ0v) is 6.38. The first kappa shape index (κ1) is 7.08. The minimum absolute atomic E-state index is 0.301. The minimum Gasteiger partial charge on any atom is -0.388 e. The largest absolute Gasteiger partial charge is 0.388 e. The summed E-state index contributed by atoms with van der Waals surface area (Å²) in [6.45, 7) is 0.892. The SMILES string of the molecule is N#CCC1(O)CC2CC1CN2. The highest BCUT2D eigenvalue weighted by molar-refractivity contribution is 5.07. The van der Waals surface area contributed by atoms with Gasteiger partial charge in [0.25, 0.3) is 0 Å². The summed E-state index contributed by atoms with van der Waals surface area (Å²) >= 11 is 0. The molecule has 1 saturated heterocycles. The lowest BCUT2D eigenvalue weighted by Crippen LogP contribution is -2.43. The number of piperidine rings is 1. The summed E-state index contributed by atoms with van der Waals surface area (Å²) in [5.41, 5.74) is -0.662. The second-order valence-electron chi connectivity index (χ2n) is 3.68. The van der Waals surface area contributed by atoms with Gasteiger partial charge in [0, 0.05) is 18.5 Å². The molecule has 0 aromatic heterocycles. The van der Waals surface area contributed by atoms with Crippen molar-refractivity contribution < 1.29 is 5.11 Å². The molecule has 0 radical (unpaired) electrons. The van der Waals surface area contributed by atoms with Crippen LogP contribution in [0.5, 0.6) is 0 Å². The van der Waals surface area contributed by atoms with Gasteiger partial charge in [-0.15, -0.1) is 0 Å². The number of aliphatic hydroxyl groups is 1. The number of rotatable bonds is 1. The van der Waals surface area contributed by atoms with Crippen LogP contribution in [0.15, 0.2) is 0 Å². The third-order valence-electron chi connectivity index (χ3n) is 2.97. The maximum absolute atomic E-state index is 9.92. The molecule has 1 heterocycles. The van der Waals surface area contributed by atoms with E-state index in [0.29, 0.717) is 18.4 Å². The van der Waals surface area contributed by atoms with Crippen molar-refractivity contribution in [2.45, 2.75) is 30.9 Å². The molecule has 11 heavy (non-hydrogen) atoms. The van der Waals surface area contributed by atoms with Gasteiger partial charge in [-0.2, -0.15) is 5.26 Å². The van der Waals surface area contributed by atoms with Gasteiger partial charge >= 0.3 is 0 Å². The smallest absolute Gasteiger partial charge is 0.0832 e. The average molecular weight is 152 g/mol. The first-order valence-corrected chi connectivity index (χ1v) is 4.07. The van der Waals surface area contributed by atoms with Crippen LogP contribution in [0.1, 0.15) is 19.3 Å². The topological polar surface area (TPSA) is 56.0 Å². The summed E-state index contributed by atoms with van der Waals surface area (Å²) < 4.78 is 0. The summed E-state index contributed by atoms with van der Waals surface area (Å²) in [5.74, 6) is 0.326. The predicted octanol–water partition coefficient (Wildman–Crippen LogP) is 0.0130. The molecule has 1 aliphatic carbocycles. The fourth-order valence-electron chi connectivity index (χ4n) is 2.33. The van der Waals surface area contributed by atoms with Crippen LogP contribution in [0.25, 0.3) is 0 Å². The molecule has 60 valence electrons. The third kappa shape index (κ3) is 0.943. The molecule has 3 heteroatoms. The minimum atomic E-state index is -0.662. The summed E-state index contributed by atoms with van der Waals surface area (Å²) in [6, 6.07) is 2.53. The van der Waals surface area contributed by atoms with E-state index in [2.05, 4.69) is 11.4 Å². The molecular weight excluding hydrogens is 140 g/mol. The third-order valence-corrected chi connectivity index (χ3v) is 2.97. The van der Waals surface area contributed by atoms with Crippen molar-refractivity contribution in [3.63, 3.8) is 0 Å². The molecule has 2 N–H and O–H groups in total. The molecule has 2 aliphatic rings. The predicted molar refractivity (Wildman–Crippen MR) is 39.7 cm³/mol. The zero-order chi connectivity index (χ0) is 7.90. The van der Waals surface area contributed by atoms with E-state index in [1.165, 1.54) is 0 Å². The van der Waals surface area contributed by atoms with Crippen LogP contribution < -0.4 is 5.32 Å². The molecule has 1 saturated carbocycles. The average Bonchev–Trinajstić information content (AvgIpc) is 2.45.